The molecule has 0 atom stereocenters. The second-order valence-corrected chi connectivity index (χ2v) is 7.24. The van der Waals surface area contributed by atoms with E-state index in [1.807, 2.05) is 0 Å². The van der Waals surface area contributed by atoms with Crippen molar-refractivity contribution >= 4 is 38.8 Å². The molecular formula is C12H13ClN4O2S2. The lowest BCUT2D eigenvalue weighted by atomic mass is 10.2. The maximum absolute atomic E-state index is 12.6. The highest BCUT2D eigenvalue weighted by atomic mass is 35.5. The number of H-pyrrole nitrogens is 1. The first-order valence-electron chi connectivity index (χ1n) is 5.85. The standard InChI is InChI=1S/C12H13ClN4O2S2/c1-17(7-8-5-15-16-6-8)21(18,19)11-4-9(12(14)20)2-3-10(11)13/h2-6H,7H2,1H3,(H2,14,20)(H,15,16). The molecule has 0 radical (unpaired) electrons. The highest BCUT2D eigenvalue weighted by molar-refractivity contribution is 7.89. The first-order chi connectivity index (χ1) is 9.82. The summed E-state index contributed by atoms with van der Waals surface area (Å²) in [7, 11) is -2.29. The maximum Gasteiger partial charge on any atom is 0.244 e. The van der Waals surface area contributed by atoms with Crippen molar-refractivity contribution in [1.82, 2.24) is 14.5 Å². The molecule has 0 bridgehead atoms. The number of sulfonamides is 1. The number of nitrogens with two attached hydrogens (primary N) is 1. The van der Waals surface area contributed by atoms with Crippen molar-refractivity contribution < 1.29 is 8.42 Å². The molecule has 0 saturated carbocycles. The van der Waals surface area contributed by atoms with Crippen LogP contribution in [0.25, 0.3) is 0 Å². The third kappa shape index (κ3) is 3.41. The fourth-order valence-electron chi connectivity index (χ4n) is 1.73. The molecule has 0 spiro atoms. The van der Waals surface area contributed by atoms with Crippen LogP contribution in [0.4, 0.5) is 0 Å². The zero-order chi connectivity index (χ0) is 15.6. The van der Waals surface area contributed by atoms with Gasteiger partial charge in [-0.2, -0.15) is 9.40 Å². The van der Waals surface area contributed by atoms with Crippen LogP contribution in [-0.2, 0) is 16.6 Å². The Labute approximate surface area is 133 Å². The smallest absolute Gasteiger partial charge is 0.244 e. The van der Waals surface area contributed by atoms with Crippen LogP contribution in [0.5, 0.6) is 0 Å². The summed E-state index contributed by atoms with van der Waals surface area (Å²) in [6.45, 7) is 0.173. The Bertz CT molecular complexity index is 760. The van der Waals surface area contributed by atoms with Gasteiger partial charge in [0.25, 0.3) is 0 Å². The molecule has 112 valence electrons. The summed E-state index contributed by atoms with van der Waals surface area (Å²) in [6, 6.07) is 4.43. The van der Waals surface area contributed by atoms with E-state index in [-0.39, 0.29) is 21.5 Å². The third-order valence-corrected chi connectivity index (χ3v) is 5.38. The lowest BCUT2D eigenvalue weighted by molar-refractivity contribution is 0.467. The second-order valence-electron chi connectivity index (χ2n) is 4.38. The van der Waals surface area contributed by atoms with E-state index in [0.29, 0.717) is 5.56 Å². The summed E-state index contributed by atoms with van der Waals surface area (Å²) in [4.78, 5) is 0.0843. The molecule has 21 heavy (non-hydrogen) atoms. The highest BCUT2D eigenvalue weighted by Crippen LogP contribution is 2.26. The van der Waals surface area contributed by atoms with Gasteiger partial charge in [0.2, 0.25) is 10.0 Å². The summed E-state index contributed by atoms with van der Waals surface area (Å²) < 4.78 is 26.3. The molecule has 1 heterocycles. The molecule has 0 aliphatic heterocycles. The van der Waals surface area contributed by atoms with Crippen molar-refractivity contribution in [3.8, 4) is 0 Å². The molecule has 1 aromatic carbocycles. The minimum Gasteiger partial charge on any atom is -0.389 e. The van der Waals surface area contributed by atoms with Crippen molar-refractivity contribution in [2.24, 2.45) is 5.73 Å². The van der Waals surface area contributed by atoms with Crippen LogP contribution in [0.2, 0.25) is 5.02 Å². The topological polar surface area (TPSA) is 92.1 Å². The van der Waals surface area contributed by atoms with E-state index in [1.165, 1.54) is 23.5 Å². The molecule has 0 aliphatic carbocycles. The molecule has 0 fully saturated rings. The minimum absolute atomic E-state index is 0.0274. The van der Waals surface area contributed by atoms with Gasteiger partial charge in [-0.25, -0.2) is 8.42 Å². The highest BCUT2D eigenvalue weighted by Gasteiger charge is 2.24. The molecule has 1 aromatic heterocycles. The van der Waals surface area contributed by atoms with Gasteiger partial charge in [0, 0.05) is 30.9 Å². The van der Waals surface area contributed by atoms with Gasteiger partial charge in [0.15, 0.2) is 0 Å². The zero-order valence-electron chi connectivity index (χ0n) is 11.1. The Morgan fingerprint density at radius 3 is 2.81 bits per heavy atom. The number of hydrogen-bond acceptors (Lipinski definition) is 4. The minimum atomic E-state index is -3.76. The van der Waals surface area contributed by atoms with Crippen molar-refractivity contribution in [3.05, 3.63) is 46.7 Å². The van der Waals surface area contributed by atoms with E-state index in [1.54, 1.807) is 18.5 Å². The van der Waals surface area contributed by atoms with E-state index >= 15 is 0 Å². The van der Waals surface area contributed by atoms with E-state index in [9.17, 15) is 8.42 Å². The number of rotatable bonds is 5. The fourth-order valence-corrected chi connectivity index (χ4v) is 3.51. The van der Waals surface area contributed by atoms with Gasteiger partial charge in [0.05, 0.1) is 11.2 Å². The predicted octanol–water partition coefficient (Wildman–Crippen LogP) is 1.52. The van der Waals surface area contributed by atoms with Crippen LogP contribution < -0.4 is 5.73 Å². The summed E-state index contributed by atoms with van der Waals surface area (Å²) in [6.07, 6.45) is 3.18. The number of thiocarbonyl (C=S) groups is 1. The second kappa shape index (κ2) is 6.10. The van der Waals surface area contributed by atoms with Crippen LogP contribution >= 0.6 is 23.8 Å². The average molecular weight is 345 g/mol. The Morgan fingerprint density at radius 1 is 1.52 bits per heavy atom. The lowest BCUT2D eigenvalue weighted by Gasteiger charge is -2.17. The van der Waals surface area contributed by atoms with Crippen molar-refractivity contribution in [1.29, 1.82) is 0 Å². The SMILES string of the molecule is CN(Cc1cn[nH]c1)S(=O)(=O)c1cc(C(N)=S)ccc1Cl. The average Bonchev–Trinajstić information content (AvgIpc) is 2.91. The van der Waals surface area contributed by atoms with E-state index in [4.69, 9.17) is 29.6 Å². The van der Waals surface area contributed by atoms with Crippen molar-refractivity contribution in [3.63, 3.8) is 0 Å². The summed E-state index contributed by atoms with van der Waals surface area (Å²) in [5, 5.41) is 6.53. The molecule has 6 nitrogen and oxygen atoms in total. The normalized spacial score (nSPS) is 11.8. The largest absolute Gasteiger partial charge is 0.389 e. The summed E-state index contributed by atoms with van der Waals surface area (Å²) >= 11 is 10.9. The van der Waals surface area contributed by atoms with E-state index in [0.717, 1.165) is 5.56 Å². The number of benzene rings is 1. The molecular weight excluding hydrogens is 332 g/mol. The summed E-state index contributed by atoms with van der Waals surface area (Å²) in [5.41, 5.74) is 6.72. The maximum atomic E-state index is 12.6. The van der Waals surface area contributed by atoms with Gasteiger partial charge in [-0.05, 0) is 12.1 Å². The lowest BCUT2D eigenvalue weighted by Crippen LogP contribution is -2.27. The van der Waals surface area contributed by atoms with Gasteiger partial charge in [0.1, 0.15) is 9.88 Å². The number of nitrogens with one attached hydrogen (secondary N) is 1. The molecule has 9 heteroatoms. The van der Waals surface area contributed by atoms with Crippen LogP contribution in [-0.4, -0.2) is 35.0 Å². The Morgan fingerprint density at radius 2 is 2.24 bits per heavy atom. The number of aromatic amines is 1. The Hall–Kier alpha value is -1.48. The first-order valence-corrected chi connectivity index (χ1v) is 8.08. The van der Waals surface area contributed by atoms with Gasteiger partial charge in [-0.3, -0.25) is 5.10 Å². The van der Waals surface area contributed by atoms with Crippen molar-refractivity contribution in [2.45, 2.75) is 11.4 Å². The van der Waals surface area contributed by atoms with E-state index in [2.05, 4.69) is 10.2 Å². The third-order valence-electron chi connectivity index (χ3n) is 2.86. The number of aromatic nitrogens is 2. The Balaban J connectivity index is 2.38. The predicted molar refractivity (Wildman–Crippen MR) is 84.6 cm³/mol. The molecule has 3 N–H and O–H groups in total. The zero-order valence-corrected chi connectivity index (χ0v) is 13.5. The fraction of sp³-hybridized carbons (Fsp3) is 0.167. The number of halogens is 1. The molecule has 0 saturated heterocycles. The molecule has 0 amide bonds. The van der Waals surface area contributed by atoms with Crippen LogP contribution in [0, 0.1) is 0 Å². The summed E-state index contributed by atoms with van der Waals surface area (Å²) in [5.74, 6) is 0. The van der Waals surface area contributed by atoms with Gasteiger partial charge in [-0.1, -0.05) is 29.9 Å². The van der Waals surface area contributed by atoms with Gasteiger partial charge < -0.3 is 5.73 Å². The van der Waals surface area contributed by atoms with Crippen LogP contribution in [0.15, 0.2) is 35.5 Å². The van der Waals surface area contributed by atoms with Crippen molar-refractivity contribution in [2.75, 3.05) is 7.05 Å². The van der Waals surface area contributed by atoms with Crippen LogP contribution in [0.3, 0.4) is 0 Å². The molecule has 0 aliphatic rings. The molecule has 2 aromatic rings. The first kappa shape index (κ1) is 15.9. The van der Waals surface area contributed by atoms with E-state index < -0.39 is 10.0 Å². The quantitative estimate of drug-likeness (QED) is 0.802. The monoisotopic (exact) mass is 344 g/mol. The van der Waals surface area contributed by atoms with Gasteiger partial charge in [-0.15, -0.1) is 0 Å². The molecule has 2 rings (SSSR count). The Kier molecular flexibility index (Phi) is 4.62. The van der Waals surface area contributed by atoms with Gasteiger partial charge >= 0.3 is 0 Å². The van der Waals surface area contributed by atoms with Crippen LogP contribution in [0.1, 0.15) is 11.1 Å². The number of nitrogens with zero attached hydrogens (tertiary/aromatic N) is 2. The number of hydrogen-bond donors (Lipinski definition) is 2. The molecule has 0 unspecified atom stereocenters.